The van der Waals surface area contributed by atoms with Crippen molar-refractivity contribution in [3.05, 3.63) is 40.6 Å². The lowest BCUT2D eigenvalue weighted by Gasteiger charge is -2.03. The molecule has 0 unspecified atom stereocenters. The molecule has 16 heavy (non-hydrogen) atoms. The minimum Gasteiger partial charge on any atom is -0.346 e. The van der Waals surface area contributed by atoms with Gasteiger partial charge in [0.25, 0.3) is 5.69 Å². The molecule has 0 amide bonds. The van der Waals surface area contributed by atoms with Gasteiger partial charge in [-0.2, -0.15) is 11.8 Å². The van der Waals surface area contributed by atoms with E-state index in [-0.39, 0.29) is 10.6 Å². The van der Waals surface area contributed by atoms with Crippen molar-refractivity contribution in [2.45, 2.75) is 6.54 Å². The van der Waals surface area contributed by atoms with Gasteiger partial charge in [0.2, 0.25) is 0 Å². The predicted molar refractivity (Wildman–Crippen MR) is 67.0 cm³/mol. The van der Waals surface area contributed by atoms with E-state index in [4.69, 9.17) is 0 Å². The number of nitro groups is 1. The van der Waals surface area contributed by atoms with E-state index >= 15 is 0 Å². The monoisotopic (exact) mass is 236 g/mol. The van der Waals surface area contributed by atoms with Crippen LogP contribution in [0.4, 0.5) is 5.69 Å². The van der Waals surface area contributed by atoms with Gasteiger partial charge in [-0.1, -0.05) is 6.07 Å². The number of aromatic nitrogens is 1. The van der Waals surface area contributed by atoms with Crippen molar-refractivity contribution in [3.8, 4) is 0 Å². The van der Waals surface area contributed by atoms with Gasteiger partial charge < -0.3 is 4.57 Å². The first-order valence-corrected chi connectivity index (χ1v) is 6.34. The van der Waals surface area contributed by atoms with Crippen LogP contribution in [0.5, 0.6) is 0 Å². The summed E-state index contributed by atoms with van der Waals surface area (Å²) >= 11 is 1.76. The fourth-order valence-electron chi connectivity index (χ4n) is 1.75. The Hall–Kier alpha value is -1.49. The normalized spacial score (nSPS) is 10.8. The lowest BCUT2D eigenvalue weighted by Crippen LogP contribution is -1.98. The number of thioether (sulfide) groups is 1. The second kappa shape index (κ2) is 4.57. The van der Waals surface area contributed by atoms with Gasteiger partial charge in [-0.15, -0.1) is 0 Å². The maximum Gasteiger partial charge on any atom is 0.278 e. The number of hydrogen-bond donors (Lipinski definition) is 0. The molecule has 0 spiro atoms. The van der Waals surface area contributed by atoms with Crippen molar-refractivity contribution in [3.63, 3.8) is 0 Å². The van der Waals surface area contributed by atoms with Gasteiger partial charge in [-0.25, -0.2) is 0 Å². The zero-order valence-corrected chi connectivity index (χ0v) is 9.74. The van der Waals surface area contributed by atoms with Crippen molar-refractivity contribution in [2.75, 3.05) is 12.0 Å². The standard InChI is InChI=1S/C11H12N2O2S/c1-16-8-7-12-6-5-9-10(12)3-2-4-11(9)13(14)15/h2-6H,7-8H2,1H3. The molecule has 0 atom stereocenters. The molecular formula is C11H12N2O2S. The first-order chi connectivity index (χ1) is 7.74. The van der Waals surface area contributed by atoms with Crippen LogP contribution in [0.3, 0.4) is 0 Å². The molecule has 2 rings (SSSR count). The van der Waals surface area contributed by atoms with E-state index in [0.717, 1.165) is 17.8 Å². The molecule has 1 aromatic heterocycles. The number of rotatable bonds is 4. The summed E-state index contributed by atoms with van der Waals surface area (Å²) in [6.45, 7) is 0.881. The third-order valence-corrected chi connectivity index (χ3v) is 3.11. The van der Waals surface area contributed by atoms with Crippen molar-refractivity contribution < 1.29 is 4.92 Å². The number of fused-ring (bicyclic) bond motifs is 1. The van der Waals surface area contributed by atoms with Crippen LogP contribution < -0.4 is 0 Å². The van der Waals surface area contributed by atoms with Crippen molar-refractivity contribution in [2.24, 2.45) is 0 Å². The van der Waals surface area contributed by atoms with E-state index in [0.29, 0.717) is 5.39 Å². The van der Waals surface area contributed by atoms with Crippen molar-refractivity contribution >= 4 is 28.4 Å². The summed E-state index contributed by atoms with van der Waals surface area (Å²) in [6.07, 6.45) is 3.96. The van der Waals surface area contributed by atoms with E-state index in [1.807, 2.05) is 24.6 Å². The van der Waals surface area contributed by atoms with E-state index in [9.17, 15) is 10.1 Å². The molecule has 0 aliphatic rings. The fraction of sp³-hybridized carbons (Fsp3) is 0.273. The van der Waals surface area contributed by atoms with Crippen molar-refractivity contribution in [1.29, 1.82) is 0 Å². The summed E-state index contributed by atoms with van der Waals surface area (Å²) in [6, 6.07) is 7.01. The molecule has 0 fully saturated rings. The minimum atomic E-state index is -0.332. The Kier molecular flexibility index (Phi) is 3.14. The Morgan fingerprint density at radius 1 is 1.44 bits per heavy atom. The molecule has 1 heterocycles. The van der Waals surface area contributed by atoms with Crippen LogP contribution in [0.15, 0.2) is 30.5 Å². The number of non-ortho nitro benzene ring substituents is 1. The molecule has 0 saturated heterocycles. The zero-order valence-electron chi connectivity index (χ0n) is 8.92. The third kappa shape index (κ3) is 1.90. The van der Waals surface area contributed by atoms with Gasteiger partial charge in [-0.3, -0.25) is 10.1 Å². The predicted octanol–water partition coefficient (Wildman–Crippen LogP) is 2.91. The third-order valence-electron chi connectivity index (χ3n) is 2.52. The van der Waals surface area contributed by atoms with Crippen LogP contribution >= 0.6 is 11.8 Å². The summed E-state index contributed by atoms with van der Waals surface area (Å²) in [5.74, 6) is 1.01. The first-order valence-electron chi connectivity index (χ1n) is 4.95. The smallest absolute Gasteiger partial charge is 0.278 e. The molecule has 0 bridgehead atoms. The highest BCUT2D eigenvalue weighted by Gasteiger charge is 2.13. The van der Waals surface area contributed by atoms with E-state index < -0.39 is 0 Å². The molecule has 0 aliphatic heterocycles. The van der Waals surface area contributed by atoms with Gasteiger partial charge in [0.05, 0.1) is 15.8 Å². The second-order valence-corrected chi connectivity index (χ2v) is 4.45. The molecule has 4 nitrogen and oxygen atoms in total. The fourth-order valence-corrected chi connectivity index (χ4v) is 2.13. The Bertz CT molecular complexity index is 522. The molecule has 0 N–H and O–H groups in total. The van der Waals surface area contributed by atoms with Crippen LogP contribution in [0.25, 0.3) is 10.9 Å². The molecular weight excluding hydrogens is 224 g/mol. The average Bonchev–Trinajstić information content (AvgIpc) is 2.69. The van der Waals surface area contributed by atoms with Gasteiger partial charge in [0.1, 0.15) is 0 Å². The largest absolute Gasteiger partial charge is 0.346 e. The van der Waals surface area contributed by atoms with E-state index in [2.05, 4.69) is 4.57 Å². The Morgan fingerprint density at radius 2 is 2.25 bits per heavy atom. The minimum absolute atomic E-state index is 0.181. The number of benzene rings is 1. The van der Waals surface area contributed by atoms with Gasteiger partial charge in [0.15, 0.2) is 0 Å². The highest BCUT2D eigenvalue weighted by molar-refractivity contribution is 7.98. The summed E-state index contributed by atoms with van der Waals surface area (Å²) in [4.78, 5) is 10.5. The molecule has 0 saturated carbocycles. The quantitative estimate of drug-likeness (QED) is 0.605. The van der Waals surface area contributed by atoms with E-state index in [1.54, 1.807) is 23.9 Å². The van der Waals surface area contributed by atoms with Crippen LogP contribution in [-0.4, -0.2) is 21.5 Å². The summed E-state index contributed by atoms with van der Waals surface area (Å²) < 4.78 is 2.05. The summed E-state index contributed by atoms with van der Waals surface area (Å²) in [5, 5.41) is 11.5. The van der Waals surface area contributed by atoms with E-state index in [1.165, 1.54) is 0 Å². The maximum absolute atomic E-state index is 10.8. The Morgan fingerprint density at radius 3 is 2.94 bits per heavy atom. The zero-order chi connectivity index (χ0) is 11.5. The Labute approximate surface area is 97.4 Å². The number of hydrogen-bond acceptors (Lipinski definition) is 3. The Balaban J connectivity index is 2.48. The lowest BCUT2D eigenvalue weighted by atomic mass is 10.2. The summed E-state index contributed by atoms with van der Waals surface area (Å²) in [5.41, 5.74) is 1.11. The lowest BCUT2D eigenvalue weighted by molar-refractivity contribution is -0.383. The highest BCUT2D eigenvalue weighted by Crippen LogP contribution is 2.26. The van der Waals surface area contributed by atoms with Crippen molar-refractivity contribution in [1.82, 2.24) is 4.57 Å². The SMILES string of the molecule is CSCCn1ccc2c([N+](=O)[O-])cccc21. The van der Waals surface area contributed by atoms with Crippen LogP contribution in [0.1, 0.15) is 0 Å². The average molecular weight is 236 g/mol. The highest BCUT2D eigenvalue weighted by atomic mass is 32.2. The molecule has 1 aromatic carbocycles. The molecule has 0 aliphatic carbocycles. The number of nitrogens with zero attached hydrogens (tertiary/aromatic N) is 2. The van der Waals surface area contributed by atoms with Gasteiger partial charge in [0, 0.05) is 24.6 Å². The second-order valence-electron chi connectivity index (χ2n) is 3.47. The molecule has 84 valence electrons. The molecule has 2 aromatic rings. The summed E-state index contributed by atoms with van der Waals surface area (Å²) in [7, 11) is 0. The first kappa shape index (κ1) is 11.0. The maximum atomic E-state index is 10.8. The van der Waals surface area contributed by atoms with Crippen LogP contribution in [0.2, 0.25) is 0 Å². The molecule has 0 radical (unpaired) electrons. The molecule has 5 heteroatoms. The van der Waals surface area contributed by atoms with Crippen LogP contribution in [0, 0.1) is 10.1 Å². The topological polar surface area (TPSA) is 48.1 Å². The number of aryl methyl sites for hydroxylation is 1. The van der Waals surface area contributed by atoms with Gasteiger partial charge in [-0.05, 0) is 18.4 Å². The van der Waals surface area contributed by atoms with Crippen LogP contribution in [-0.2, 0) is 6.54 Å². The van der Waals surface area contributed by atoms with Gasteiger partial charge >= 0.3 is 0 Å². The number of nitro benzene ring substituents is 1.